The second-order valence-corrected chi connectivity index (χ2v) is 6.02. The van der Waals surface area contributed by atoms with Gasteiger partial charge in [-0.25, -0.2) is 0 Å². The predicted octanol–water partition coefficient (Wildman–Crippen LogP) is 2.02. The Balaban J connectivity index is 2.21. The summed E-state index contributed by atoms with van der Waals surface area (Å²) in [7, 11) is 0. The number of thioether (sulfide) groups is 1. The van der Waals surface area contributed by atoms with E-state index in [0.29, 0.717) is 11.7 Å². The van der Waals surface area contributed by atoms with Crippen LogP contribution in [-0.2, 0) is 11.2 Å². The van der Waals surface area contributed by atoms with Crippen LogP contribution in [0.25, 0.3) is 0 Å². The van der Waals surface area contributed by atoms with Crippen LogP contribution >= 0.6 is 11.8 Å². The molecule has 0 radical (unpaired) electrons. The summed E-state index contributed by atoms with van der Waals surface area (Å²) in [5.74, 6) is 0.0617. The molecule has 0 aromatic heterocycles. The van der Waals surface area contributed by atoms with Gasteiger partial charge in [0.1, 0.15) is 0 Å². The largest absolute Gasteiger partial charge is 0.398 e. The van der Waals surface area contributed by atoms with E-state index in [4.69, 9.17) is 10.8 Å². The van der Waals surface area contributed by atoms with Gasteiger partial charge >= 0.3 is 0 Å². The highest BCUT2D eigenvalue weighted by atomic mass is 32.2. The van der Waals surface area contributed by atoms with Gasteiger partial charge in [0.15, 0.2) is 0 Å². The minimum absolute atomic E-state index is 0.0617. The number of amides is 1. The third-order valence-corrected chi connectivity index (χ3v) is 4.24. The lowest BCUT2D eigenvalue weighted by molar-refractivity contribution is -0.116. The molecule has 0 saturated heterocycles. The molecule has 1 amide bonds. The number of carbonyl (C=O) groups is 1. The number of nitrogens with one attached hydrogen (secondary N) is 1. The zero-order valence-electron chi connectivity index (χ0n) is 10.4. The minimum atomic E-state index is 0.0617. The van der Waals surface area contributed by atoms with E-state index in [1.807, 2.05) is 12.1 Å². The minimum Gasteiger partial charge on any atom is -0.398 e. The van der Waals surface area contributed by atoms with E-state index in [1.54, 1.807) is 11.8 Å². The van der Waals surface area contributed by atoms with Gasteiger partial charge in [-0.05, 0) is 30.5 Å². The highest BCUT2D eigenvalue weighted by molar-refractivity contribution is 8.00. The van der Waals surface area contributed by atoms with Crippen LogP contribution < -0.4 is 11.1 Å². The molecule has 0 fully saturated rings. The Morgan fingerprint density at radius 3 is 3.00 bits per heavy atom. The lowest BCUT2D eigenvalue weighted by Crippen LogP contribution is -2.19. The van der Waals surface area contributed by atoms with Crippen LogP contribution in [0, 0.1) is 0 Å². The molecule has 1 atom stereocenters. The molecule has 1 aliphatic rings. The van der Waals surface area contributed by atoms with Crippen LogP contribution in [0.1, 0.15) is 25.3 Å². The fraction of sp³-hybridized carbons (Fsp3) is 0.462. The lowest BCUT2D eigenvalue weighted by atomic mass is 10.0. The van der Waals surface area contributed by atoms with E-state index in [9.17, 15) is 4.79 Å². The Morgan fingerprint density at radius 2 is 2.28 bits per heavy atom. The highest BCUT2D eigenvalue weighted by Gasteiger charge is 2.17. The topological polar surface area (TPSA) is 75.3 Å². The number of nitrogen functional groups attached to an aromatic ring is 1. The molecule has 1 heterocycles. The third-order valence-electron chi connectivity index (χ3n) is 2.99. The van der Waals surface area contributed by atoms with Crippen LogP contribution in [0.4, 0.5) is 11.4 Å². The molecule has 1 aromatic rings. The average molecular weight is 266 g/mol. The summed E-state index contributed by atoms with van der Waals surface area (Å²) in [5.41, 5.74) is 8.75. The van der Waals surface area contributed by atoms with Gasteiger partial charge in [0.05, 0.1) is 0 Å². The quantitative estimate of drug-likeness (QED) is 0.575. The van der Waals surface area contributed by atoms with Crippen molar-refractivity contribution in [2.24, 2.45) is 0 Å². The molecule has 5 heteroatoms. The number of carbonyl (C=O) groups excluding carboxylic acids is 1. The number of nitrogens with two attached hydrogens (primary N) is 1. The summed E-state index contributed by atoms with van der Waals surface area (Å²) in [6, 6.07) is 3.89. The molecule has 0 bridgehead atoms. The van der Waals surface area contributed by atoms with Gasteiger partial charge in [0.2, 0.25) is 5.91 Å². The molecule has 0 aliphatic carbocycles. The van der Waals surface area contributed by atoms with Crippen molar-refractivity contribution in [3.8, 4) is 0 Å². The maximum absolute atomic E-state index is 11.4. The number of aryl methyl sites for hydroxylation is 1. The highest BCUT2D eigenvalue weighted by Crippen LogP contribution is 2.36. The molecule has 98 valence electrons. The maximum Gasteiger partial charge on any atom is 0.224 e. The number of rotatable bonds is 4. The molecular weight excluding hydrogens is 248 g/mol. The summed E-state index contributed by atoms with van der Waals surface area (Å²) >= 11 is 1.63. The van der Waals surface area contributed by atoms with Gasteiger partial charge in [-0.3, -0.25) is 4.79 Å². The van der Waals surface area contributed by atoms with Crippen LogP contribution in [0.15, 0.2) is 17.0 Å². The van der Waals surface area contributed by atoms with Crippen molar-refractivity contribution < 1.29 is 9.90 Å². The molecule has 4 N–H and O–H groups in total. The Kier molecular flexibility index (Phi) is 4.14. The van der Waals surface area contributed by atoms with E-state index in [0.717, 1.165) is 34.7 Å². The Labute approximate surface area is 111 Å². The monoisotopic (exact) mass is 266 g/mol. The van der Waals surface area contributed by atoms with Crippen LogP contribution in [0.2, 0.25) is 0 Å². The number of benzene rings is 1. The molecule has 1 unspecified atom stereocenters. The summed E-state index contributed by atoms with van der Waals surface area (Å²) in [4.78, 5) is 12.3. The second-order valence-electron chi connectivity index (χ2n) is 4.54. The molecule has 2 rings (SSSR count). The Morgan fingerprint density at radius 1 is 1.50 bits per heavy atom. The third kappa shape index (κ3) is 2.97. The van der Waals surface area contributed by atoms with Gasteiger partial charge in [-0.2, -0.15) is 0 Å². The summed E-state index contributed by atoms with van der Waals surface area (Å²) in [6.07, 6.45) is 2.01. The first kappa shape index (κ1) is 13.2. The lowest BCUT2D eigenvalue weighted by Gasteiger charge is -2.20. The number of hydrogen-bond donors (Lipinski definition) is 3. The van der Waals surface area contributed by atoms with Crippen molar-refractivity contribution in [3.05, 3.63) is 17.7 Å². The normalized spacial score (nSPS) is 16.0. The molecular formula is C13H18N2O2S. The second kappa shape index (κ2) is 5.63. The van der Waals surface area contributed by atoms with Gasteiger partial charge in [0, 0.05) is 34.5 Å². The summed E-state index contributed by atoms with van der Waals surface area (Å²) < 4.78 is 0. The van der Waals surface area contributed by atoms with Gasteiger partial charge < -0.3 is 16.2 Å². The summed E-state index contributed by atoms with van der Waals surface area (Å²) in [6.45, 7) is 2.23. The van der Waals surface area contributed by atoms with E-state index in [1.165, 1.54) is 0 Å². The van der Waals surface area contributed by atoms with Gasteiger partial charge in [0.25, 0.3) is 0 Å². The Bertz CT molecular complexity index is 463. The van der Waals surface area contributed by atoms with Crippen molar-refractivity contribution in [2.45, 2.75) is 36.3 Å². The molecule has 4 nitrogen and oxygen atoms in total. The van der Waals surface area contributed by atoms with Crippen LogP contribution in [0.5, 0.6) is 0 Å². The predicted molar refractivity (Wildman–Crippen MR) is 74.8 cm³/mol. The van der Waals surface area contributed by atoms with Gasteiger partial charge in [-0.1, -0.05) is 6.92 Å². The zero-order valence-corrected chi connectivity index (χ0v) is 11.2. The molecule has 1 aliphatic heterocycles. The fourth-order valence-electron chi connectivity index (χ4n) is 1.99. The summed E-state index contributed by atoms with van der Waals surface area (Å²) in [5, 5.41) is 12.1. The number of hydrogen-bond acceptors (Lipinski definition) is 4. The zero-order chi connectivity index (χ0) is 13.1. The van der Waals surface area contributed by atoms with Crippen molar-refractivity contribution in [3.63, 3.8) is 0 Å². The number of aliphatic hydroxyl groups is 1. The molecule has 0 saturated carbocycles. The number of aliphatic hydroxyl groups excluding tert-OH is 1. The first-order valence-corrected chi connectivity index (χ1v) is 6.98. The molecule has 0 spiro atoms. The van der Waals surface area contributed by atoms with E-state index in [-0.39, 0.29) is 12.5 Å². The first-order valence-electron chi connectivity index (χ1n) is 6.10. The van der Waals surface area contributed by atoms with Crippen molar-refractivity contribution in [1.29, 1.82) is 0 Å². The van der Waals surface area contributed by atoms with Gasteiger partial charge in [-0.15, -0.1) is 11.8 Å². The standard InChI is InChI=1S/C13H18N2O2S/c1-8(4-5-16)18-12-7-11-9(6-10(12)14)2-3-13(17)15-11/h6-8,16H,2-5,14H2,1H3,(H,15,17). The van der Waals surface area contributed by atoms with E-state index >= 15 is 0 Å². The average Bonchev–Trinajstić information content (AvgIpc) is 2.31. The van der Waals surface area contributed by atoms with Crippen LogP contribution in [0.3, 0.4) is 0 Å². The smallest absolute Gasteiger partial charge is 0.224 e. The van der Waals surface area contributed by atoms with E-state index in [2.05, 4.69) is 12.2 Å². The molecule has 1 aromatic carbocycles. The van der Waals surface area contributed by atoms with Crippen molar-refractivity contribution in [2.75, 3.05) is 17.7 Å². The first-order chi connectivity index (χ1) is 8.60. The number of anilines is 2. The van der Waals surface area contributed by atoms with Crippen LogP contribution in [-0.4, -0.2) is 22.9 Å². The van der Waals surface area contributed by atoms with Crippen molar-refractivity contribution in [1.82, 2.24) is 0 Å². The maximum atomic E-state index is 11.4. The Hall–Kier alpha value is -1.20. The number of fused-ring (bicyclic) bond motifs is 1. The molecule has 18 heavy (non-hydrogen) atoms. The fourth-order valence-corrected chi connectivity index (χ4v) is 3.03. The van der Waals surface area contributed by atoms with E-state index < -0.39 is 0 Å². The van der Waals surface area contributed by atoms with Crippen molar-refractivity contribution >= 4 is 29.0 Å². The SMILES string of the molecule is CC(CCO)Sc1cc2c(cc1N)CCC(=O)N2.